The number of benzene rings is 1. The molecule has 100 valence electrons. The van der Waals surface area contributed by atoms with E-state index in [0.29, 0.717) is 16.1 Å². The van der Waals surface area contributed by atoms with Crippen LogP contribution in [0.1, 0.15) is 20.8 Å². The van der Waals surface area contributed by atoms with Gasteiger partial charge in [0.05, 0.1) is 12.2 Å². The van der Waals surface area contributed by atoms with Crippen molar-refractivity contribution >= 4 is 27.5 Å². The van der Waals surface area contributed by atoms with Gasteiger partial charge >= 0.3 is 0 Å². The van der Waals surface area contributed by atoms with Gasteiger partial charge in [0, 0.05) is 10.5 Å². The lowest BCUT2D eigenvalue weighted by Crippen LogP contribution is -2.39. The Kier molecular flexibility index (Phi) is 5.59. The zero-order chi connectivity index (χ0) is 13.7. The van der Waals surface area contributed by atoms with Gasteiger partial charge in [-0.15, -0.1) is 0 Å². The summed E-state index contributed by atoms with van der Waals surface area (Å²) in [5.74, 6) is -0.147. The van der Waals surface area contributed by atoms with E-state index in [2.05, 4.69) is 26.6 Å². The van der Waals surface area contributed by atoms with E-state index in [0.717, 1.165) is 0 Å². The van der Waals surface area contributed by atoms with Gasteiger partial charge in [-0.05, 0) is 31.0 Å². The number of hydrogen-bond acceptors (Lipinski definition) is 2. The molecular formula is C13H18BrFN2O. The lowest BCUT2D eigenvalue weighted by Gasteiger charge is -2.17. The highest BCUT2D eigenvalue weighted by molar-refractivity contribution is 9.10. The molecule has 18 heavy (non-hydrogen) atoms. The zero-order valence-electron chi connectivity index (χ0n) is 10.8. The molecule has 0 saturated heterocycles. The highest BCUT2D eigenvalue weighted by atomic mass is 79.9. The molecule has 1 atom stereocenters. The molecule has 0 aliphatic carbocycles. The number of carbonyl (C=O) groups excluding carboxylic acids is 1. The first-order valence-electron chi connectivity index (χ1n) is 5.88. The highest BCUT2D eigenvalue weighted by Crippen LogP contribution is 2.18. The standard InChI is InChI=1S/C13H18BrFN2O/c1-8(2)9(3)17-13(18)7-16-12-5-4-10(14)6-11(12)15/h4-6,8-9,16H,7H2,1-3H3,(H,17,18). The Morgan fingerprint density at radius 3 is 2.61 bits per heavy atom. The second kappa shape index (κ2) is 6.73. The Hall–Kier alpha value is -1.10. The van der Waals surface area contributed by atoms with E-state index in [1.165, 1.54) is 6.07 Å². The summed E-state index contributed by atoms with van der Waals surface area (Å²) in [6.45, 7) is 6.08. The van der Waals surface area contributed by atoms with Crippen molar-refractivity contribution in [2.24, 2.45) is 5.92 Å². The third-order valence-corrected chi connectivity index (χ3v) is 3.25. The second-order valence-electron chi connectivity index (χ2n) is 4.58. The molecule has 0 bridgehead atoms. The van der Waals surface area contributed by atoms with Crippen LogP contribution in [-0.4, -0.2) is 18.5 Å². The lowest BCUT2D eigenvalue weighted by molar-refractivity contribution is -0.120. The first kappa shape index (κ1) is 15.0. The molecule has 1 amide bonds. The Balaban J connectivity index is 2.47. The maximum atomic E-state index is 13.5. The molecule has 0 radical (unpaired) electrons. The lowest BCUT2D eigenvalue weighted by atomic mass is 10.1. The van der Waals surface area contributed by atoms with Crippen molar-refractivity contribution in [2.45, 2.75) is 26.8 Å². The van der Waals surface area contributed by atoms with Gasteiger partial charge in [-0.1, -0.05) is 29.8 Å². The maximum Gasteiger partial charge on any atom is 0.239 e. The summed E-state index contributed by atoms with van der Waals surface area (Å²) < 4.78 is 14.1. The van der Waals surface area contributed by atoms with Crippen LogP contribution in [0.4, 0.5) is 10.1 Å². The van der Waals surface area contributed by atoms with E-state index in [1.807, 2.05) is 20.8 Å². The van der Waals surface area contributed by atoms with Crippen molar-refractivity contribution in [1.82, 2.24) is 5.32 Å². The topological polar surface area (TPSA) is 41.1 Å². The van der Waals surface area contributed by atoms with Crippen LogP contribution in [0.3, 0.4) is 0 Å². The molecule has 5 heteroatoms. The van der Waals surface area contributed by atoms with Crippen molar-refractivity contribution in [3.8, 4) is 0 Å². The molecule has 0 saturated carbocycles. The van der Waals surface area contributed by atoms with Crippen molar-refractivity contribution < 1.29 is 9.18 Å². The monoisotopic (exact) mass is 316 g/mol. The van der Waals surface area contributed by atoms with E-state index >= 15 is 0 Å². The number of carbonyl (C=O) groups is 1. The van der Waals surface area contributed by atoms with Crippen LogP contribution in [0.15, 0.2) is 22.7 Å². The first-order valence-corrected chi connectivity index (χ1v) is 6.67. The Morgan fingerprint density at radius 2 is 2.06 bits per heavy atom. The quantitative estimate of drug-likeness (QED) is 0.876. The van der Waals surface area contributed by atoms with Crippen molar-refractivity contribution in [3.63, 3.8) is 0 Å². The van der Waals surface area contributed by atoms with Gasteiger partial charge in [-0.25, -0.2) is 4.39 Å². The van der Waals surface area contributed by atoms with E-state index in [1.54, 1.807) is 12.1 Å². The molecular weight excluding hydrogens is 299 g/mol. The van der Waals surface area contributed by atoms with Gasteiger partial charge < -0.3 is 10.6 Å². The number of rotatable bonds is 5. The molecule has 3 nitrogen and oxygen atoms in total. The van der Waals surface area contributed by atoms with E-state index < -0.39 is 0 Å². The molecule has 1 aromatic rings. The SMILES string of the molecule is CC(C)C(C)NC(=O)CNc1ccc(Br)cc1F. The predicted molar refractivity (Wildman–Crippen MR) is 75.0 cm³/mol. The summed E-state index contributed by atoms with van der Waals surface area (Å²) in [7, 11) is 0. The van der Waals surface area contributed by atoms with Crippen LogP contribution in [0.2, 0.25) is 0 Å². The van der Waals surface area contributed by atoms with Crippen molar-refractivity contribution in [1.29, 1.82) is 0 Å². The number of hydrogen-bond donors (Lipinski definition) is 2. The van der Waals surface area contributed by atoms with Gasteiger partial charge in [-0.2, -0.15) is 0 Å². The van der Waals surface area contributed by atoms with Crippen LogP contribution >= 0.6 is 15.9 Å². The number of nitrogens with one attached hydrogen (secondary N) is 2. The van der Waals surface area contributed by atoms with Crippen molar-refractivity contribution in [2.75, 3.05) is 11.9 Å². The minimum atomic E-state index is -0.380. The van der Waals surface area contributed by atoms with Crippen LogP contribution in [0.5, 0.6) is 0 Å². The molecule has 1 unspecified atom stereocenters. The summed E-state index contributed by atoms with van der Waals surface area (Å²) in [6, 6.07) is 4.78. The van der Waals surface area contributed by atoms with Crippen LogP contribution < -0.4 is 10.6 Å². The number of anilines is 1. The summed E-state index contributed by atoms with van der Waals surface area (Å²) in [6.07, 6.45) is 0. The van der Waals surface area contributed by atoms with E-state index in [-0.39, 0.29) is 24.3 Å². The van der Waals surface area contributed by atoms with Gasteiger partial charge in [0.2, 0.25) is 5.91 Å². The molecule has 2 N–H and O–H groups in total. The zero-order valence-corrected chi connectivity index (χ0v) is 12.3. The van der Waals surface area contributed by atoms with Crippen LogP contribution in [0, 0.1) is 11.7 Å². The molecule has 0 aliphatic heterocycles. The molecule has 0 aliphatic rings. The minimum Gasteiger partial charge on any atom is -0.374 e. The minimum absolute atomic E-state index is 0.0651. The Morgan fingerprint density at radius 1 is 1.39 bits per heavy atom. The Labute approximate surface area is 115 Å². The molecule has 0 fully saturated rings. The maximum absolute atomic E-state index is 13.5. The van der Waals surface area contributed by atoms with E-state index in [9.17, 15) is 9.18 Å². The second-order valence-corrected chi connectivity index (χ2v) is 5.49. The highest BCUT2D eigenvalue weighted by Gasteiger charge is 2.11. The average Bonchev–Trinajstić information content (AvgIpc) is 2.27. The predicted octanol–water partition coefficient (Wildman–Crippen LogP) is 3.16. The van der Waals surface area contributed by atoms with Crippen LogP contribution in [-0.2, 0) is 4.79 Å². The third-order valence-electron chi connectivity index (χ3n) is 2.76. The fraction of sp³-hybridized carbons (Fsp3) is 0.462. The molecule has 1 rings (SSSR count). The summed E-state index contributed by atoms with van der Waals surface area (Å²) in [5.41, 5.74) is 0.325. The summed E-state index contributed by atoms with van der Waals surface area (Å²) in [5, 5.41) is 5.62. The number of halogens is 2. The smallest absolute Gasteiger partial charge is 0.239 e. The van der Waals surface area contributed by atoms with Crippen molar-refractivity contribution in [3.05, 3.63) is 28.5 Å². The summed E-state index contributed by atoms with van der Waals surface area (Å²) in [4.78, 5) is 11.6. The molecule has 0 aromatic heterocycles. The normalized spacial score (nSPS) is 12.3. The fourth-order valence-electron chi connectivity index (χ4n) is 1.28. The van der Waals surface area contributed by atoms with Gasteiger partial charge in [0.25, 0.3) is 0 Å². The van der Waals surface area contributed by atoms with Gasteiger partial charge in [-0.3, -0.25) is 4.79 Å². The molecule has 1 aromatic carbocycles. The Bertz CT molecular complexity index is 423. The van der Waals surface area contributed by atoms with Gasteiger partial charge in [0.1, 0.15) is 5.82 Å². The fourth-order valence-corrected chi connectivity index (χ4v) is 1.61. The van der Waals surface area contributed by atoms with E-state index in [4.69, 9.17) is 0 Å². The average molecular weight is 317 g/mol. The first-order chi connectivity index (χ1) is 8.40. The van der Waals surface area contributed by atoms with Gasteiger partial charge in [0.15, 0.2) is 0 Å². The summed E-state index contributed by atoms with van der Waals surface area (Å²) >= 11 is 3.18. The number of amides is 1. The van der Waals surface area contributed by atoms with Crippen LogP contribution in [0.25, 0.3) is 0 Å². The third kappa shape index (κ3) is 4.64. The molecule has 0 heterocycles. The largest absolute Gasteiger partial charge is 0.374 e. The molecule has 0 spiro atoms.